The molecule has 0 saturated heterocycles. The molecular weight excluding hydrogens is 186 g/mol. The normalized spacial score (nSPS) is 17.5. The van der Waals surface area contributed by atoms with E-state index >= 15 is 0 Å². The summed E-state index contributed by atoms with van der Waals surface area (Å²) in [6.45, 7) is 2.80. The molecule has 2 heteroatoms. The third kappa shape index (κ3) is 2.96. The van der Waals surface area contributed by atoms with Crippen LogP contribution in [0.2, 0.25) is 0 Å². The van der Waals surface area contributed by atoms with Gasteiger partial charge in [0.1, 0.15) is 12.4 Å². The standard InChI is InChI=1S/C13H19NO/c1-2-10-4-3-5-12(8-10)15-9-13(14)11-6-7-11/h3-5,8,11,13H,2,6-7,9,14H2,1H3. The zero-order valence-electron chi connectivity index (χ0n) is 9.28. The predicted octanol–water partition coefficient (Wildman–Crippen LogP) is 2.37. The van der Waals surface area contributed by atoms with Gasteiger partial charge in [-0.05, 0) is 42.9 Å². The van der Waals surface area contributed by atoms with Crippen molar-refractivity contribution in [3.63, 3.8) is 0 Å². The van der Waals surface area contributed by atoms with Crippen molar-refractivity contribution in [2.24, 2.45) is 11.7 Å². The lowest BCUT2D eigenvalue weighted by atomic mass is 10.1. The first-order valence-electron chi connectivity index (χ1n) is 5.77. The summed E-state index contributed by atoms with van der Waals surface area (Å²) in [7, 11) is 0. The Morgan fingerprint density at radius 2 is 2.27 bits per heavy atom. The van der Waals surface area contributed by atoms with Crippen molar-refractivity contribution in [1.29, 1.82) is 0 Å². The third-order valence-electron chi connectivity index (χ3n) is 2.98. The molecule has 1 atom stereocenters. The van der Waals surface area contributed by atoms with Crippen LogP contribution < -0.4 is 10.5 Å². The lowest BCUT2D eigenvalue weighted by molar-refractivity contribution is 0.276. The Balaban J connectivity index is 1.86. The van der Waals surface area contributed by atoms with E-state index in [0.717, 1.165) is 12.2 Å². The Kier molecular flexibility index (Phi) is 3.27. The summed E-state index contributed by atoms with van der Waals surface area (Å²) in [4.78, 5) is 0. The number of nitrogens with two attached hydrogens (primary N) is 1. The van der Waals surface area contributed by atoms with E-state index in [4.69, 9.17) is 10.5 Å². The van der Waals surface area contributed by atoms with Crippen LogP contribution in [0.1, 0.15) is 25.3 Å². The molecule has 0 aliphatic heterocycles. The summed E-state index contributed by atoms with van der Waals surface area (Å²) < 4.78 is 5.69. The molecule has 0 bridgehead atoms. The van der Waals surface area contributed by atoms with Gasteiger partial charge in [0.15, 0.2) is 0 Å². The zero-order chi connectivity index (χ0) is 10.7. The van der Waals surface area contributed by atoms with Crippen molar-refractivity contribution >= 4 is 0 Å². The maximum atomic E-state index is 5.97. The summed E-state index contributed by atoms with van der Waals surface area (Å²) in [5.41, 5.74) is 7.28. The zero-order valence-corrected chi connectivity index (χ0v) is 9.28. The number of rotatable bonds is 5. The molecule has 1 saturated carbocycles. The van der Waals surface area contributed by atoms with Crippen molar-refractivity contribution in [2.45, 2.75) is 32.2 Å². The molecule has 2 nitrogen and oxygen atoms in total. The molecule has 1 aliphatic carbocycles. The maximum absolute atomic E-state index is 5.97. The van der Waals surface area contributed by atoms with Gasteiger partial charge in [-0.2, -0.15) is 0 Å². The quantitative estimate of drug-likeness (QED) is 0.801. The monoisotopic (exact) mass is 205 g/mol. The van der Waals surface area contributed by atoms with Crippen LogP contribution in [0.25, 0.3) is 0 Å². The fraction of sp³-hybridized carbons (Fsp3) is 0.538. The number of aryl methyl sites for hydroxylation is 1. The van der Waals surface area contributed by atoms with E-state index in [1.807, 2.05) is 12.1 Å². The molecule has 0 spiro atoms. The first kappa shape index (κ1) is 10.5. The van der Waals surface area contributed by atoms with Gasteiger partial charge in [-0.3, -0.25) is 0 Å². The molecule has 0 amide bonds. The average molecular weight is 205 g/mol. The molecule has 1 aromatic carbocycles. The summed E-state index contributed by atoms with van der Waals surface area (Å²) in [5.74, 6) is 1.66. The van der Waals surface area contributed by atoms with Crippen LogP contribution in [0.15, 0.2) is 24.3 Å². The predicted molar refractivity (Wildman–Crippen MR) is 62.0 cm³/mol. The van der Waals surface area contributed by atoms with Crippen molar-refractivity contribution in [3.05, 3.63) is 29.8 Å². The fourth-order valence-corrected chi connectivity index (χ4v) is 1.71. The number of hydrogen-bond donors (Lipinski definition) is 1. The molecule has 1 unspecified atom stereocenters. The van der Waals surface area contributed by atoms with Crippen molar-refractivity contribution in [2.75, 3.05) is 6.61 Å². The molecule has 1 fully saturated rings. The van der Waals surface area contributed by atoms with Crippen LogP contribution in [0.5, 0.6) is 5.75 Å². The van der Waals surface area contributed by atoms with Crippen molar-refractivity contribution in [1.82, 2.24) is 0 Å². The van der Waals surface area contributed by atoms with Gasteiger partial charge in [0.2, 0.25) is 0 Å². The highest BCUT2D eigenvalue weighted by Crippen LogP contribution is 2.31. The molecule has 2 N–H and O–H groups in total. The van der Waals surface area contributed by atoms with Gasteiger partial charge >= 0.3 is 0 Å². The first-order valence-corrected chi connectivity index (χ1v) is 5.77. The Labute approximate surface area is 91.4 Å². The van der Waals surface area contributed by atoms with E-state index in [-0.39, 0.29) is 6.04 Å². The maximum Gasteiger partial charge on any atom is 0.119 e. The highest BCUT2D eigenvalue weighted by atomic mass is 16.5. The highest BCUT2D eigenvalue weighted by Gasteiger charge is 2.28. The minimum absolute atomic E-state index is 0.218. The second-order valence-corrected chi connectivity index (χ2v) is 4.31. The van der Waals surface area contributed by atoms with E-state index < -0.39 is 0 Å². The minimum Gasteiger partial charge on any atom is -0.492 e. The Morgan fingerprint density at radius 1 is 1.47 bits per heavy atom. The van der Waals surface area contributed by atoms with Gasteiger partial charge in [-0.25, -0.2) is 0 Å². The second-order valence-electron chi connectivity index (χ2n) is 4.31. The van der Waals surface area contributed by atoms with Gasteiger partial charge in [0.25, 0.3) is 0 Å². The minimum atomic E-state index is 0.218. The van der Waals surface area contributed by atoms with Crippen LogP contribution in [0.4, 0.5) is 0 Å². The number of benzene rings is 1. The Bertz CT molecular complexity index is 320. The Hall–Kier alpha value is -1.02. The smallest absolute Gasteiger partial charge is 0.119 e. The molecule has 15 heavy (non-hydrogen) atoms. The summed E-state index contributed by atoms with van der Waals surface area (Å²) in [6, 6.07) is 8.47. The molecule has 0 radical (unpaired) electrons. The summed E-state index contributed by atoms with van der Waals surface area (Å²) in [5, 5.41) is 0. The van der Waals surface area contributed by atoms with Gasteiger partial charge < -0.3 is 10.5 Å². The first-order chi connectivity index (χ1) is 7.29. The van der Waals surface area contributed by atoms with E-state index in [2.05, 4.69) is 19.1 Å². The van der Waals surface area contributed by atoms with Gasteiger partial charge in [-0.1, -0.05) is 19.1 Å². The van der Waals surface area contributed by atoms with E-state index in [0.29, 0.717) is 12.5 Å². The molecule has 0 heterocycles. The van der Waals surface area contributed by atoms with E-state index in [1.165, 1.54) is 18.4 Å². The lowest BCUT2D eigenvalue weighted by Crippen LogP contribution is -2.29. The largest absolute Gasteiger partial charge is 0.492 e. The Morgan fingerprint density at radius 3 is 2.93 bits per heavy atom. The van der Waals surface area contributed by atoms with Crippen LogP contribution >= 0.6 is 0 Å². The summed E-state index contributed by atoms with van der Waals surface area (Å²) >= 11 is 0. The van der Waals surface area contributed by atoms with Crippen molar-refractivity contribution < 1.29 is 4.74 Å². The SMILES string of the molecule is CCc1cccc(OCC(N)C2CC2)c1. The van der Waals surface area contributed by atoms with Crippen LogP contribution in [0, 0.1) is 5.92 Å². The third-order valence-corrected chi connectivity index (χ3v) is 2.98. The van der Waals surface area contributed by atoms with Gasteiger partial charge in [0.05, 0.1) is 0 Å². The molecule has 0 aromatic heterocycles. The number of ether oxygens (including phenoxy) is 1. The number of hydrogen-bond acceptors (Lipinski definition) is 2. The molecule has 2 rings (SSSR count). The lowest BCUT2D eigenvalue weighted by Gasteiger charge is -2.12. The van der Waals surface area contributed by atoms with Gasteiger partial charge in [-0.15, -0.1) is 0 Å². The topological polar surface area (TPSA) is 35.2 Å². The van der Waals surface area contributed by atoms with Crippen LogP contribution in [-0.4, -0.2) is 12.6 Å². The van der Waals surface area contributed by atoms with E-state index in [1.54, 1.807) is 0 Å². The van der Waals surface area contributed by atoms with Crippen molar-refractivity contribution in [3.8, 4) is 5.75 Å². The fourth-order valence-electron chi connectivity index (χ4n) is 1.71. The second kappa shape index (κ2) is 4.67. The van der Waals surface area contributed by atoms with Crippen LogP contribution in [0.3, 0.4) is 0 Å². The van der Waals surface area contributed by atoms with Crippen LogP contribution in [-0.2, 0) is 6.42 Å². The molecule has 1 aromatic rings. The average Bonchev–Trinajstić information content (AvgIpc) is 3.10. The molecule has 1 aliphatic rings. The highest BCUT2D eigenvalue weighted by molar-refractivity contribution is 5.28. The molecule has 82 valence electrons. The molecular formula is C13H19NO. The summed E-state index contributed by atoms with van der Waals surface area (Å²) in [6.07, 6.45) is 3.60. The van der Waals surface area contributed by atoms with Gasteiger partial charge in [0, 0.05) is 6.04 Å². The van der Waals surface area contributed by atoms with E-state index in [9.17, 15) is 0 Å².